The molecule has 0 aliphatic carbocycles. The number of aliphatic carboxylic acids is 1. The number of fused-ring (bicyclic) bond motifs is 1. The van der Waals surface area contributed by atoms with E-state index in [1.165, 1.54) is 40.9 Å². The zero-order valence-electron chi connectivity index (χ0n) is 12.9. The molecule has 2 amide bonds. The highest BCUT2D eigenvalue weighted by Gasteiger charge is 2.34. The van der Waals surface area contributed by atoms with Crippen molar-refractivity contribution < 1.29 is 23.9 Å². The molecule has 1 saturated heterocycles. The molecule has 130 valence electrons. The van der Waals surface area contributed by atoms with E-state index in [0.29, 0.717) is 16.7 Å². The number of hydrogen-bond acceptors (Lipinski definition) is 5. The number of nitrogens with one attached hydrogen (secondary N) is 1. The molecule has 25 heavy (non-hydrogen) atoms. The van der Waals surface area contributed by atoms with E-state index < -0.39 is 29.6 Å². The highest BCUT2D eigenvalue weighted by atomic mass is 32.2. The van der Waals surface area contributed by atoms with Gasteiger partial charge < -0.3 is 15.3 Å². The first-order valence-electron chi connectivity index (χ1n) is 7.40. The van der Waals surface area contributed by atoms with Gasteiger partial charge in [-0.1, -0.05) is 6.07 Å². The van der Waals surface area contributed by atoms with E-state index in [-0.39, 0.29) is 18.1 Å². The molecular weight excluding hydrogens is 349 g/mol. The largest absolute Gasteiger partial charge is 0.480 e. The Morgan fingerprint density at radius 3 is 2.88 bits per heavy atom. The maximum absolute atomic E-state index is 13.1. The average molecular weight is 363 g/mol. The van der Waals surface area contributed by atoms with Gasteiger partial charge in [-0.3, -0.25) is 9.59 Å². The Morgan fingerprint density at radius 2 is 2.12 bits per heavy atom. The number of hydrogen-bond donors (Lipinski definition) is 2. The van der Waals surface area contributed by atoms with Crippen LogP contribution in [0.4, 0.5) is 4.39 Å². The van der Waals surface area contributed by atoms with Crippen LogP contribution in [0.15, 0.2) is 30.3 Å². The number of pyridine rings is 1. The third-order valence-corrected chi connectivity index (χ3v) is 4.78. The second-order valence-corrected chi connectivity index (χ2v) is 6.43. The summed E-state index contributed by atoms with van der Waals surface area (Å²) < 4.78 is 13.1. The van der Waals surface area contributed by atoms with Gasteiger partial charge in [0, 0.05) is 11.1 Å². The fraction of sp³-hybridized carbons (Fsp3) is 0.250. The molecule has 2 aromatic rings. The zero-order chi connectivity index (χ0) is 18.0. The molecule has 1 aliphatic rings. The minimum Gasteiger partial charge on any atom is -0.480 e. The van der Waals surface area contributed by atoms with Gasteiger partial charge in [-0.15, -0.1) is 11.8 Å². The standard InChI is InChI=1S/C16H14FN3O4S/c17-10-2-4-11-9(5-10)1-3-12(19-11)15(22)18-6-14(21)20-8-25-7-13(20)16(23)24/h1-5,13H,6-8H2,(H,18,22)(H,23,24)/t13-/m0/s1. The summed E-state index contributed by atoms with van der Waals surface area (Å²) in [5.74, 6) is -1.86. The molecule has 7 nitrogen and oxygen atoms in total. The number of nitrogens with zero attached hydrogens (tertiary/aromatic N) is 2. The Hall–Kier alpha value is -2.68. The highest BCUT2D eigenvalue weighted by Crippen LogP contribution is 2.21. The summed E-state index contributed by atoms with van der Waals surface area (Å²) in [6.07, 6.45) is 0. The number of thioether (sulfide) groups is 1. The number of carboxylic acid groups (broad SMARTS) is 1. The van der Waals surface area contributed by atoms with Crippen LogP contribution >= 0.6 is 11.8 Å². The smallest absolute Gasteiger partial charge is 0.327 e. The molecule has 2 heterocycles. The molecule has 0 saturated carbocycles. The van der Waals surface area contributed by atoms with Crippen LogP contribution in [0.25, 0.3) is 10.9 Å². The monoisotopic (exact) mass is 363 g/mol. The van der Waals surface area contributed by atoms with Gasteiger partial charge in [0.25, 0.3) is 5.91 Å². The van der Waals surface area contributed by atoms with E-state index in [9.17, 15) is 18.8 Å². The molecule has 1 aliphatic heterocycles. The van der Waals surface area contributed by atoms with Gasteiger partial charge in [0.2, 0.25) is 5.91 Å². The summed E-state index contributed by atoms with van der Waals surface area (Å²) in [5.41, 5.74) is 0.555. The Bertz CT molecular complexity index is 860. The van der Waals surface area contributed by atoms with E-state index >= 15 is 0 Å². The van der Waals surface area contributed by atoms with Crippen LogP contribution in [-0.2, 0) is 9.59 Å². The number of rotatable bonds is 4. The number of benzene rings is 1. The van der Waals surface area contributed by atoms with Crippen molar-refractivity contribution in [3.63, 3.8) is 0 Å². The number of carbonyl (C=O) groups is 3. The van der Waals surface area contributed by atoms with Crippen LogP contribution in [0, 0.1) is 5.82 Å². The van der Waals surface area contributed by atoms with Crippen molar-refractivity contribution in [2.24, 2.45) is 0 Å². The summed E-state index contributed by atoms with van der Waals surface area (Å²) in [6, 6.07) is 6.16. The van der Waals surface area contributed by atoms with E-state index in [4.69, 9.17) is 5.11 Å². The summed E-state index contributed by atoms with van der Waals surface area (Å²) in [7, 11) is 0. The van der Waals surface area contributed by atoms with Crippen LogP contribution < -0.4 is 5.32 Å². The SMILES string of the molecule is O=C(NCC(=O)N1CSC[C@H]1C(=O)O)c1ccc2cc(F)ccc2n1. The Balaban J connectivity index is 1.65. The van der Waals surface area contributed by atoms with Gasteiger partial charge in [0.15, 0.2) is 0 Å². The van der Waals surface area contributed by atoms with Gasteiger partial charge in [0.1, 0.15) is 17.6 Å². The minimum absolute atomic E-state index is 0.0949. The average Bonchev–Trinajstić information content (AvgIpc) is 3.09. The van der Waals surface area contributed by atoms with Gasteiger partial charge in [-0.25, -0.2) is 14.2 Å². The van der Waals surface area contributed by atoms with E-state index in [2.05, 4.69) is 10.3 Å². The topological polar surface area (TPSA) is 99.6 Å². The van der Waals surface area contributed by atoms with Crippen LogP contribution in [-0.4, -0.2) is 57.0 Å². The van der Waals surface area contributed by atoms with Crippen molar-refractivity contribution in [2.75, 3.05) is 18.2 Å². The predicted molar refractivity (Wildman–Crippen MR) is 89.6 cm³/mol. The van der Waals surface area contributed by atoms with Gasteiger partial charge in [0.05, 0.1) is 17.9 Å². The maximum atomic E-state index is 13.1. The lowest BCUT2D eigenvalue weighted by Crippen LogP contribution is -2.46. The van der Waals surface area contributed by atoms with Crippen molar-refractivity contribution in [1.29, 1.82) is 0 Å². The van der Waals surface area contributed by atoms with E-state index in [0.717, 1.165) is 0 Å². The molecule has 1 fully saturated rings. The first-order valence-corrected chi connectivity index (χ1v) is 8.56. The third-order valence-electron chi connectivity index (χ3n) is 3.77. The van der Waals surface area contributed by atoms with Crippen molar-refractivity contribution >= 4 is 40.4 Å². The number of halogens is 1. The lowest BCUT2D eigenvalue weighted by molar-refractivity contribution is -0.147. The minimum atomic E-state index is -1.06. The number of carboxylic acids is 1. The zero-order valence-corrected chi connectivity index (χ0v) is 13.8. The van der Waals surface area contributed by atoms with Crippen LogP contribution in [0.5, 0.6) is 0 Å². The second-order valence-electron chi connectivity index (χ2n) is 5.43. The molecule has 1 aromatic carbocycles. The third kappa shape index (κ3) is 3.71. The van der Waals surface area contributed by atoms with E-state index in [1.807, 2.05) is 0 Å². The molecule has 2 N–H and O–H groups in total. The van der Waals surface area contributed by atoms with Crippen molar-refractivity contribution in [1.82, 2.24) is 15.2 Å². The lowest BCUT2D eigenvalue weighted by atomic mass is 10.2. The number of aromatic nitrogens is 1. The molecular formula is C16H14FN3O4S. The Kier molecular flexibility index (Phi) is 4.84. The molecule has 0 bridgehead atoms. The normalized spacial score (nSPS) is 16.8. The Morgan fingerprint density at radius 1 is 1.32 bits per heavy atom. The molecule has 0 spiro atoms. The van der Waals surface area contributed by atoms with Crippen LogP contribution in [0.2, 0.25) is 0 Å². The maximum Gasteiger partial charge on any atom is 0.327 e. The molecule has 3 rings (SSSR count). The molecule has 0 radical (unpaired) electrons. The summed E-state index contributed by atoms with van der Waals surface area (Å²) in [6.45, 7) is -0.313. The quantitative estimate of drug-likeness (QED) is 0.844. The van der Waals surface area contributed by atoms with Gasteiger partial charge in [-0.2, -0.15) is 0 Å². The molecule has 0 unspecified atom stereocenters. The summed E-state index contributed by atoms with van der Waals surface area (Å²) in [5, 5.41) is 12.1. The molecule has 1 atom stereocenters. The second kappa shape index (κ2) is 7.06. The van der Waals surface area contributed by atoms with Gasteiger partial charge >= 0.3 is 5.97 Å². The molecule has 9 heteroatoms. The van der Waals surface area contributed by atoms with Crippen LogP contribution in [0.3, 0.4) is 0 Å². The number of amides is 2. The fourth-order valence-electron chi connectivity index (χ4n) is 2.46. The van der Waals surface area contributed by atoms with Crippen LogP contribution in [0.1, 0.15) is 10.5 Å². The Labute approximate surface area is 146 Å². The summed E-state index contributed by atoms with van der Waals surface area (Å²) in [4.78, 5) is 40.7. The van der Waals surface area contributed by atoms with E-state index in [1.54, 1.807) is 6.07 Å². The van der Waals surface area contributed by atoms with Crippen molar-refractivity contribution in [2.45, 2.75) is 6.04 Å². The van der Waals surface area contributed by atoms with Gasteiger partial charge in [-0.05, 0) is 24.3 Å². The first kappa shape index (κ1) is 17.2. The van der Waals surface area contributed by atoms with Crippen molar-refractivity contribution in [3.05, 3.63) is 41.8 Å². The highest BCUT2D eigenvalue weighted by molar-refractivity contribution is 7.99. The predicted octanol–water partition coefficient (Wildman–Crippen LogP) is 1.09. The van der Waals surface area contributed by atoms with Crippen molar-refractivity contribution in [3.8, 4) is 0 Å². The lowest BCUT2D eigenvalue weighted by Gasteiger charge is -2.20. The first-order chi connectivity index (χ1) is 12.0. The number of carbonyl (C=O) groups excluding carboxylic acids is 2. The molecule has 1 aromatic heterocycles. The summed E-state index contributed by atoms with van der Waals surface area (Å²) >= 11 is 1.35. The fourth-order valence-corrected chi connectivity index (χ4v) is 3.64.